The van der Waals surface area contributed by atoms with Crippen LogP contribution in [0.1, 0.15) is 20.7 Å². The number of ether oxygens (including phenoxy) is 1. The molecule has 0 spiro atoms. The van der Waals surface area contributed by atoms with E-state index in [1.165, 1.54) is 0 Å². The molecule has 0 saturated carbocycles. The summed E-state index contributed by atoms with van der Waals surface area (Å²) in [4.78, 5) is 31.9. The molecule has 2 aromatic carbocycles. The van der Waals surface area contributed by atoms with E-state index in [0.29, 0.717) is 28.3 Å². The Hall–Kier alpha value is -4.19. The smallest absolute Gasteiger partial charge is 0.251 e. The quantitative estimate of drug-likeness (QED) is 0.711. The number of carbonyl (C=O) groups excluding carboxylic acids is 2. The zero-order valence-electron chi connectivity index (χ0n) is 16.6. The third kappa shape index (κ3) is 3.59. The Morgan fingerprint density at radius 1 is 1.00 bits per heavy atom. The number of hydrogen-bond donors (Lipinski definition) is 1. The molecule has 152 valence electrons. The van der Waals surface area contributed by atoms with Crippen molar-refractivity contribution in [2.75, 3.05) is 11.4 Å². The Bertz CT molecular complexity index is 1200. The van der Waals surface area contributed by atoms with Crippen LogP contribution < -0.4 is 15.0 Å². The topological polar surface area (TPSA) is 71.5 Å². The van der Waals surface area contributed by atoms with Gasteiger partial charge in [-0.15, -0.1) is 0 Å². The number of nitrogens with zero attached hydrogens (tertiary/aromatic N) is 2. The average molecular weight is 409 g/mol. The zero-order chi connectivity index (χ0) is 21.2. The predicted molar refractivity (Wildman–Crippen MR) is 117 cm³/mol. The van der Waals surface area contributed by atoms with Crippen LogP contribution >= 0.6 is 0 Å². The number of nitrogens with one attached hydrogen (secondary N) is 1. The summed E-state index contributed by atoms with van der Waals surface area (Å²) in [5.74, 6) is 0.963. The number of ketones is 1. The van der Waals surface area contributed by atoms with Gasteiger partial charge < -0.3 is 15.0 Å². The third-order valence-electron chi connectivity index (χ3n) is 5.24. The van der Waals surface area contributed by atoms with Crippen molar-refractivity contribution in [2.24, 2.45) is 0 Å². The van der Waals surface area contributed by atoms with Crippen LogP contribution in [0.2, 0.25) is 0 Å². The van der Waals surface area contributed by atoms with Crippen LogP contribution in [-0.4, -0.2) is 29.3 Å². The molecule has 1 aromatic heterocycles. The summed E-state index contributed by atoms with van der Waals surface area (Å²) in [6.45, 7) is 0.254. The van der Waals surface area contributed by atoms with Crippen LogP contribution in [-0.2, 0) is 0 Å². The van der Waals surface area contributed by atoms with Gasteiger partial charge >= 0.3 is 0 Å². The SMILES string of the molecule is O=C(NCC1=CC2Oc3ccccc3C(=O)C2=CN1c1ccccn1)c1ccccc1. The van der Waals surface area contributed by atoms with E-state index in [0.717, 1.165) is 5.70 Å². The Labute approximate surface area is 179 Å². The van der Waals surface area contributed by atoms with Crippen LogP contribution in [0.15, 0.2) is 103 Å². The summed E-state index contributed by atoms with van der Waals surface area (Å²) in [5, 5.41) is 2.95. The molecule has 1 unspecified atom stereocenters. The first-order valence-corrected chi connectivity index (χ1v) is 9.97. The van der Waals surface area contributed by atoms with Crippen molar-refractivity contribution in [3.05, 3.63) is 114 Å². The summed E-state index contributed by atoms with van der Waals surface area (Å²) in [6.07, 6.45) is 4.79. The Morgan fingerprint density at radius 3 is 2.58 bits per heavy atom. The number of benzene rings is 2. The van der Waals surface area contributed by atoms with Gasteiger partial charge in [0.05, 0.1) is 17.7 Å². The highest BCUT2D eigenvalue weighted by atomic mass is 16.5. The molecule has 1 atom stereocenters. The summed E-state index contributed by atoms with van der Waals surface area (Å²) in [6, 6.07) is 21.8. The van der Waals surface area contributed by atoms with E-state index < -0.39 is 6.10 Å². The van der Waals surface area contributed by atoms with E-state index in [2.05, 4.69) is 10.3 Å². The number of Topliss-reactive ketones (excluding diaryl/α,β-unsaturated/α-hetero) is 1. The fourth-order valence-corrected chi connectivity index (χ4v) is 3.69. The molecule has 5 rings (SSSR count). The lowest BCUT2D eigenvalue weighted by Crippen LogP contribution is -2.39. The first-order chi connectivity index (χ1) is 15.2. The van der Waals surface area contributed by atoms with Gasteiger partial charge in [0, 0.05) is 23.7 Å². The van der Waals surface area contributed by atoms with Crippen LogP contribution in [0, 0.1) is 0 Å². The van der Waals surface area contributed by atoms with Gasteiger partial charge in [-0.05, 0) is 42.5 Å². The van der Waals surface area contributed by atoms with Crippen LogP contribution in [0.4, 0.5) is 5.82 Å². The van der Waals surface area contributed by atoms with E-state index in [1.54, 1.807) is 36.7 Å². The number of anilines is 1. The van der Waals surface area contributed by atoms with Crippen molar-refractivity contribution in [1.29, 1.82) is 0 Å². The molecule has 0 saturated heterocycles. The highest BCUT2D eigenvalue weighted by molar-refractivity contribution is 6.13. The van der Waals surface area contributed by atoms with E-state index >= 15 is 0 Å². The van der Waals surface area contributed by atoms with Crippen molar-refractivity contribution < 1.29 is 14.3 Å². The largest absolute Gasteiger partial charge is 0.481 e. The zero-order valence-corrected chi connectivity index (χ0v) is 16.6. The standard InChI is InChI=1S/C25H19N3O3/c29-24-19-10-4-5-11-21(19)31-22-14-18(15-27-25(30)17-8-2-1-3-9-17)28(16-20(22)24)23-12-6-7-13-26-23/h1-14,16,22H,15H2,(H,27,30). The molecule has 3 heterocycles. The second kappa shape index (κ2) is 7.91. The Morgan fingerprint density at radius 2 is 1.77 bits per heavy atom. The van der Waals surface area contributed by atoms with E-state index in [4.69, 9.17) is 4.74 Å². The summed E-state index contributed by atoms with van der Waals surface area (Å²) >= 11 is 0. The van der Waals surface area contributed by atoms with E-state index in [1.807, 2.05) is 59.5 Å². The lowest BCUT2D eigenvalue weighted by atomic mass is 9.93. The van der Waals surface area contributed by atoms with E-state index in [9.17, 15) is 9.59 Å². The number of pyridine rings is 1. The minimum absolute atomic E-state index is 0.0728. The number of amides is 1. The van der Waals surface area contributed by atoms with Crippen molar-refractivity contribution in [2.45, 2.75) is 6.10 Å². The van der Waals surface area contributed by atoms with Gasteiger partial charge in [0.1, 0.15) is 17.7 Å². The van der Waals surface area contributed by atoms with Gasteiger partial charge in [0.15, 0.2) is 5.78 Å². The van der Waals surface area contributed by atoms with Gasteiger partial charge in [0.25, 0.3) is 5.91 Å². The summed E-state index contributed by atoms with van der Waals surface area (Å²) < 4.78 is 6.09. The van der Waals surface area contributed by atoms with E-state index in [-0.39, 0.29) is 18.2 Å². The second-order valence-electron chi connectivity index (χ2n) is 7.21. The number of para-hydroxylation sites is 1. The average Bonchev–Trinajstić information content (AvgIpc) is 2.83. The molecular formula is C25H19N3O3. The first-order valence-electron chi connectivity index (χ1n) is 9.97. The molecule has 31 heavy (non-hydrogen) atoms. The second-order valence-corrected chi connectivity index (χ2v) is 7.21. The maximum atomic E-state index is 13.1. The molecule has 0 fully saturated rings. The highest BCUT2D eigenvalue weighted by Gasteiger charge is 2.35. The van der Waals surface area contributed by atoms with Gasteiger partial charge in [-0.2, -0.15) is 0 Å². The first kappa shape index (κ1) is 18.8. The fraction of sp³-hybridized carbons (Fsp3) is 0.0800. The van der Waals surface area contributed by atoms with Gasteiger partial charge in [0.2, 0.25) is 0 Å². The lowest BCUT2D eigenvalue weighted by Gasteiger charge is -2.34. The maximum absolute atomic E-state index is 13.1. The van der Waals surface area contributed by atoms with Gasteiger partial charge in [-0.3, -0.25) is 9.59 Å². The minimum atomic E-state index is -0.522. The molecule has 2 aliphatic rings. The third-order valence-corrected chi connectivity index (χ3v) is 5.24. The number of rotatable bonds is 4. The van der Waals surface area contributed by atoms with Crippen molar-refractivity contribution in [1.82, 2.24) is 10.3 Å². The Balaban J connectivity index is 1.47. The molecule has 6 nitrogen and oxygen atoms in total. The molecule has 3 aromatic rings. The minimum Gasteiger partial charge on any atom is -0.481 e. The molecule has 2 aliphatic heterocycles. The van der Waals surface area contributed by atoms with Crippen LogP contribution in [0.5, 0.6) is 5.75 Å². The molecular weight excluding hydrogens is 390 g/mol. The van der Waals surface area contributed by atoms with Crippen molar-refractivity contribution >= 4 is 17.5 Å². The Kier molecular flexibility index (Phi) is 4.80. The molecule has 1 amide bonds. The molecule has 0 aliphatic carbocycles. The van der Waals surface area contributed by atoms with Gasteiger partial charge in [-0.25, -0.2) is 4.98 Å². The molecule has 0 radical (unpaired) electrons. The molecule has 1 N–H and O–H groups in total. The number of carbonyl (C=O) groups is 2. The number of aromatic nitrogens is 1. The van der Waals surface area contributed by atoms with Crippen molar-refractivity contribution in [3.63, 3.8) is 0 Å². The van der Waals surface area contributed by atoms with Crippen LogP contribution in [0.25, 0.3) is 0 Å². The summed E-state index contributed by atoms with van der Waals surface area (Å²) in [5.41, 5.74) is 2.42. The van der Waals surface area contributed by atoms with Crippen molar-refractivity contribution in [3.8, 4) is 5.75 Å². The lowest BCUT2D eigenvalue weighted by molar-refractivity contribution is 0.0950. The number of fused-ring (bicyclic) bond motifs is 2. The fourth-order valence-electron chi connectivity index (χ4n) is 3.69. The summed E-state index contributed by atoms with van der Waals surface area (Å²) in [7, 11) is 0. The number of hydrogen-bond acceptors (Lipinski definition) is 5. The van der Waals surface area contributed by atoms with Crippen LogP contribution in [0.3, 0.4) is 0 Å². The highest BCUT2D eigenvalue weighted by Crippen LogP contribution is 2.35. The normalized spacial score (nSPS) is 17.0. The predicted octanol–water partition coefficient (Wildman–Crippen LogP) is 3.74. The molecule has 6 heteroatoms. The van der Waals surface area contributed by atoms with Gasteiger partial charge in [-0.1, -0.05) is 36.4 Å². The monoisotopic (exact) mass is 409 g/mol. The maximum Gasteiger partial charge on any atom is 0.251 e. The molecule has 0 bridgehead atoms.